The summed E-state index contributed by atoms with van der Waals surface area (Å²) in [5, 5.41) is 10.0. The van der Waals surface area contributed by atoms with Gasteiger partial charge in [0.1, 0.15) is 0 Å². The van der Waals surface area contributed by atoms with Gasteiger partial charge in [0.05, 0.1) is 0 Å². The maximum absolute atomic E-state index is 13.1. The molecule has 102 valence electrons. The molecule has 0 unspecified atom stereocenters. The van der Waals surface area contributed by atoms with Crippen molar-refractivity contribution in [2.24, 2.45) is 5.92 Å². The third-order valence-corrected chi connectivity index (χ3v) is 3.09. The van der Waals surface area contributed by atoms with Crippen LogP contribution in [0.25, 0.3) is 0 Å². The second-order valence-electron chi connectivity index (χ2n) is 4.48. The molecule has 1 atom stereocenters. The Bertz CT molecular complexity index is 557. The van der Waals surface area contributed by atoms with Gasteiger partial charge in [-0.05, 0) is 31.0 Å². The van der Waals surface area contributed by atoms with Gasteiger partial charge >= 0.3 is 6.18 Å². The summed E-state index contributed by atoms with van der Waals surface area (Å²) in [4.78, 5) is 0. The first-order chi connectivity index (χ1) is 8.74. The maximum Gasteiger partial charge on any atom is 0.433 e. The molecule has 0 saturated heterocycles. The molecule has 0 radical (unpaired) electrons. The van der Waals surface area contributed by atoms with E-state index in [4.69, 9.17) is 17.3 Å². The fourth-order valence-corrected chi connectivity index (χ4v) is 1.74. The number of nitrogens with two attached hydrogens (primary N) is 1. The van der Waals surface area contributed by atoms with Crippen molar-refractivity contribution in [3.63, 3.8) is 0 Å². The van der Waals surface area contributed by atoms with Crippen molar-refractivity contribution in [3.05, 3.63) is 28.8 Å². The number of anilines is 1. The molecule has 1 aliphatic rings. The van der Waals surface area contributed by atoms with Gasteiger partial charge in [-0.3, -0.25) is 0 Å². The number of benzene rings is 1. The minimum Gasteiger partial charge on any atom is -0.398 e. The van der Waals surface area contributed by atoms with E-state index in [1.54, 1.807) is 0 Å². The van der Waals surface area contributed by atoms with E-state index in [0.717, 1.165) is 18.9 Å². The second-order valence-corrected chi connectivity index (χ2v) is 4.92. The first-order valence-electron chi connectivity index (χ1n) is 5.61. The van der Waals surface area contributed by atoms with Crippen LogP contribution >= 0.6 is 11.6 Å². The number of hydrogen-bond acceptors (Lipinski definition) is 2. The van der Waals surface area contributed by atoms with Crippen LogP contribution in [0.1, 0.15) is 18.4 Å². The number of hydrogen-bond donors (Lipinski definition) is 2. The molecule has 0 aliphatic heterocycles. The fraction of sp³-hybridized carbons (Fsp3) is 0.385. The van der Waals surface area contributed by atoms with Crippen molar-refractivity contribution in [1.82, 2.24) is 0 Å². The van der Waals surface area contributed by atoms with E-state index >= 15 is 0 Å². The van der Waals surface area contributed by atoms with Gasteiger partial charge < -0.3 is 10.8 Å². The van der Waals surface area contributed by atoms with E-state index in [0.29, 0.717) is 0 Å². The van der Waals surface area contributed by atoms with Gasteiger partial charge in [0.15, 0.2) is 0 Å². The Morgan fingerprint density at radius 2 is 1.95 bits per heavy atom. The first kappa shape index (κ1) is 14.0. The standard InChI is InChI=1S/C13H11ClF3NO/c14-9-3-4-11(18)10(7-9)12(19,13(15,16)17)6-5-8-1-2-8/h3-4,7-8,19H,1-2,18H2/t12-/m0/s1. The van der Waals surface area contributed by atoms with E-state index in [2.05, 4.69) is 5.92 Å². The molecule has 1 aromatic rings. The summed E-state index contributed by atoms with van der Waals surface area (Å²) in [6, 6.07) is 3.56. The number of aliphatic hydroxyl groups is 1. The topological polar surface area (TPSA) is 46.2 Å². The van der Waals surface area contributed by atoms with Gasteiger partial charge in [-0.25, -0.2) is 0 Å². The maximum atomic E-state index is 13.1. The predicted molar refractivity (Wildman–Crippen MR) is 66.3 cm³/mol. The molecule has 0 aromatic heterocycles. The smallest absolute Gasteiger partial charge is 0.398 e. The third-order valence-electron chi connectivity index (χ3n) is 2.85. The Morgan fingerprint density at radius 3 is 2.47 bits per heavy atom. The van der Waals surface area contributed by atoms with Gasteiger partial charge in [-0.2, -0.15) is 13.2 Å². The Labute approximate surface area is 113 Å². The Kier molecular flexibility index (Phi) is 3.41. The lowest BCUT2D eigenvalue weighted by atomic mass is 9.92. The molecule has 0 bridgehead atoms. The zero-order valence-corrected chi connectivity index (χ0v) is 10.5. The van der Waals surface area contributed by atoms with E-state index in [1.165, 1.54) is 12.1 Å². The normalized spacial score (nSPS) is 18.4. The molecule has 2 rings (SSSR count). The molecular weight excluding hydrogens is 279 g/mol. The number of halogens is 4. The van der Waals surface area contributed by atoms with Crippen LogP contribution in [-0.2, 0) is 5.60 Å². The molecule has 0 spiro atoms. The molecule has 1 saturated carbocycles. The van der Waals surface area contributed by atoms with E-state index in [-0.39, 0.29) is 16.6 Å². The third kappa shape index (κ3) is 2.80. The molecule has 0 amide bonds. The van der Waals surface area contributed by atoms with Crippen LogP contribution in [-0.4, -0.2) is 11.3 Å². The molecule has 1 aromatic carbocycles. The highest BCUT2D eigenvalue weighted by atomic mass is 35.5. The minimum atomic E-state index is -4.95. The molecular formula is C13H11ClF3NO. The lowest BCUT2D eigenvalue weighted by molar-refractivity contribution is -0.240. The predicted octanol–water partition coefficient (Wildman–Crippen LogP) is 3.09. The molecule has 1 fully saturated rings. The van der Waals surface area contributed by atoms with Crippen molar-refractivity contribution in [2.75, 3.05) is 5.73 Å². The average molecular weight is 290 g/mol. The molecule has 19 heavy (non-hydrogen) atoms. The summed E-state index contributed by atoms with van der Waals surface area (Å²) in [6.45, 7) is 0. The summed E-state index contributed by atoms with van der Waals surface area (Å²) < 4.78 is 39.4. The van der Waals surface area contributed by atoms with Gasteiger partial charge in [0, 0.05) is 22.2 Å². The van der Waals surface area contributed by atoms with Gasteiger partial charge in [0.25, 0.3) is 0 Å². The van der Waals surface area contributed by atoms with E-state index < -0.39 is 17.3 Å². The molecule has 3 N–H and O–H groups in total. The second kappa shape index (κ2) is 4.62. The van der Waals surface area contributed by atoms with Crippen molar-refractivity contribution in [3.8, 4) is 11.8 Å². The Morgan fingerprint density at radius 1 is 1.32 bits per heavy atom. The first-order valence-corrected chi connectivity index (χ1v) is 5.99. The fourth-order valence-electron chi connectivity index (χ4n) is 1.57. The van der Waals surface area contributed by atoms with Crippen LogP contribution in [0, 0.1) is 17.8 Å². The van der Waals surface area contributed by atoms with Crippen LogP contribution in [0.4, 0.5) is 18.9 Å². The Balaban J connectivity index is 2.54. The zero-order chi connectivity index (χ0) is 14.3. The van der Waals surface area contributed by atoms with Crippen molar-refractivity contribution in [1.29, 1.82) is 0 Å². The summed E-state index contributed by atoms with van der Waals surface area (Å²) in [5.41, 5.74) is 1.49. The average Bonchev–Trinajstić information content (AvgIpc) is 3.11. The Hall–Kier alpha value is -1.38. The highest BCUT2D eigenvalue weighted by Gasteiger charge is 2.55. The molecule has 1 aliphatic carbocycles. The monoisotopic (exact) mass is 289 g/mol. The number of alkyl halides is 3. The van der Waals surface area contributed by atoms with Gasteiger partial charge in [-0.1, -0.05) is 23.4 Å². The minimum absolute atomic E-state index is 0.0556. The number of nitrogen functional groups attached to an aromatic ring is 1. The summed E-state index contributed by atoms with van der Waals surface area (Å²) >= 11 is 5.67. The summed E-state index contributed by atoms with van der Waals surface area (Å²) in [5.74, 6) is 4.28. The lowest BCUT2D eigenvalue weighted by Crippen LogP contribution is -2.41. The highest BCUT2D eigenvalue weighted by Crippen LogP contribution is 2.42. The van der Waals surface area contributed by atoms with Crippen molar-refractivity contribution < 1.29 is 18.3 Å². The lowest BCUT2D eigenvalue weighted by Gasteiger charge is -2.27. The van der Waals surface area contributed by atoms with Crippen LogP contribution < -0.4 is 5.73 Å². The highest BCUT2D eigenvalue weighted by molar-refractivity contribution is 6.30. The van der Waals surface area contributed by atoms with E-state index in [1.807, 2.05) is 5.92 Å². The summed E-state index contributed by atoms with van der Waals surface area (Å²) in [6.07, 6.45) is -3.44. The largest absolute Gasteiger partial charge is 0.433 e. The van der Waals surface area contributed by atoms with Gasteiger partial charge in [0.2, 0.25) is 5.60 Å². The van der Waals surface area contributed by atoms with Crippen molar-refractivity contribution >= 4 is 17.3 Å². The van der Waals surface area contributed by atoms with Crippen molar-refractivity contribution in [2.45, 2.75) is 24.6 Å². The summed E-state index contributed by atoms with van der Waals surface area (Å²) in [7, 11) is 0. The molecule has 6 heteroatoms. The number of rotatable bonds is 1. The quantitative estimate of drug-likeness (QED) is 0.616. The SMILES string of the molecule is Nc1ccc(Cl)cc1[C@@](O)(C#CC1CC1)C(F)(F)F. The van der Waals surface area contributed by atoms with Crippen LogP contribution in [0.5, 0.6) is 0 Å². The van der Waals surface area contributed by atoms with Crippen LogP contribution in [0.3, 0.4) is 0 Å². The van der Waals surface area contributed by atoms with E-state index in [9.17, 15) is 18.3 Å². The molecule has 0 heterocycles. The van der Waals surface area contributed by atoms with Crippen LogP contribution in [0.15, 0.2) is 18.2 Å². The molecule has 2 nitrogen and oxygen atoms in total. The van der Waals surface area contributed by atoms with Gasteiger partial charge in [-0.15, -0.1) is 0 Å². The zero-order valence-electron chi connectivity index (χ0n) is 9.76. The van der Waals surface area contributed by atoms with Crippen LogP contribution in [0.2, 0.25) is 5.02 Å².